The molecule has 17 heavy (non-hydrogen) atoms. The number of carbonyl (C=O) groups excluding carboxylic acids is 1. The first-order valence-corrected chi connectivity index (χ1v) is 6.95. The molecule has 1 aliphatic rings. The van der Waals surface area contributed by atoms with E-state index in [0.717, 1.165) is 17.4 Å². The van der Waals surface area contributed by atoms with Gasteiger partial charge in [-0.05, 0) is 26.7 Å². The van der Waals surface area contributed by atoms with E-state index in [4.69, 9.17) is 4.74 Å². The fourth-order valence-electron chi connectivity index (χ4n) is 2.09. The minimum Gasteiger partial charge on any atom is -0.466 e. The molecule has 4 nitrogen and oxygen atoms in total. The van der Waals surface area contributed by atoms with Crippen molar-refractivity contribution < 1.29 is 9.53 Å². The number of hydrogen-bond donors (Lipinski definition) is 0. The van der Waals surface area contributed by atoms with Gasteiger partial charge in [-0.15, -0.1) is 11.3 Å². The van der Waals surface area contributed by atoms with Crippen LogP contribution in [0.25, 0.3) is 0 Å². The van der Waals surface area contributed by atoms with E-state index >= 15 is 0 Å². The summed E-state index contributed by atoms with van der Waals surface area (Å²) in [5.41, 5.74) is 0.822. The largest absolute Gasteiger partial charge is 0.466 e. The Labute approximate surface area is 106 Å². The Morgan fingerprint density at radius 2 is 2.53 bits per heavy atom. The maximum Gasteiger partial charge on any atom is 0.311 e. The monoisotopic (exact) mass is 254 g/mol. The minimum absolute atomic E-state index is 0.196. The zero-order valence-electron chi connectivity index (χ0n) is 10.3. The van der Waals surface area contributed by atoms with E-state index in [1.807, 2.05) is 12.3 Å². The molecule has 0 aromatic carbocycles. The van der Waals surface area contributed by atoms with Crippen LogP contribution in [-0.4, -0.2) is 30.1 Å². The number of anilines is 1. The Morgan fingerprint density at radius 3 is 3.18 bits per heavy atom. The Kier molecular flexibility index (Phi) is 3.99. The highest BCUT2D eigenvalue weighted by molar-refractivity contribution is 7.13. The van der Waals surface area contributed by atoms with Crippen molar-refractivity contribution in [1.29, 1.82) is 0 Å². The van der Waals surface area contributed by atoms with Gasteiger partial charge in [-0.3, -0.25) is 4.79 Å². The predicted octanol–water partition coefficient (Wildman–Crippen LogP) is 2.24. The van der Waals surface area contributed by atoms with Crippen LogP contribution in [0.15, 0.2) is 5.38 Å². The van der Waals surface area contributed by atoms with Gasteiger partial charge in [0, 0.05) is 18.0 Å². The molecule has 0 spiro atoms. The SMILES string of the molecule is CCOC(=O)Cc1csc(N2CCCC2C)n1. The lowest BCUT2D eigenvalue weighted by molar-refractivity contribution is -0.142. The van der Waals surface area contributed by atoms with Crippen LogP contribution < -0.4 is 4.90 Å². The molecular weight excluding hydrogens is 236 g/mol. The van der Waals surface area contributed by atoms with Gasteiger partial charge < -0.3 is 9.64 Å². The van der Waals surface area contributed by atoms with Crippen molar-refractivity contribution in [1.82, 2.24) is 4.98 Å². The molecule has 1 unspecified atom stereocenters. The quantitative estimate of drug-likeness (QED) is 0.773. The van der Waals surface area contributed by atoms with Crippen molar-refractivity contribution in [2.24, 2.45) is 0 Å². The predicted molar refractivity (Wildman–Crippen MR) is 68.5 cm³/mol. The summed E-state index contributed by atoms with van der Waals surface area (Å²) in [5, 5.41) is 2.99. The zero-order chi connectivity index (χ0) is 12.3. The van der Waals surface area contributed by atoms with E-state index in [0.29, 0.717) is 12.6 Å². The first-order valence-electron chi connectivity index (χ1n) is 6.07. The molecule has 2 rings (SSSR count). The molecule has 1 fully saturated rings. The number of rotatable bonds is 4. The fourth-order valence-corrected chi connectivity index (χ4v) is 3.04. The van der Waals surface area contributed by atoms with E-state index in [9.17, 15) is 4.79 Å². The lowest BCUT2D eigenvalue weighted by Gasteiger charge is -2.19. The molecule has 0 bridgehead atoms. The molecule has 1 saturated heterocycles. The highest BCUT2D eigenvalue weighted by atomic mass is 32.1. The van der Waals surface area contributed by atoms with Crippen molar-refractivity contribution >= 4 is 22.4 Å². The Hall–Kier alpha value is -1.10. The second-order valence-corrected chi connectivity index (χ2v) is 5.12. The standard InChI is InChI=1S/C12H18N2O2S/c1-3-16-11(15)7-10-8-17-12(13-10)14-6-4-5-9(14)2/h8-9H,3-7H2,1-2H3. The van der Waals surface area contributed by atoms with Crippen molar-refractivity contribution in [2.75, 3.05) is 18.1 Å². The molecule has 0 amide bonds. The third-order valence-corrected chi connectivity index (χ3v) is 3.90. The molecular formula is C12H18N2O2S. The van der Waals surface area contributed by atoms with Gasteiger partial charge in [0.15, 0.2) is 5.13 Å². The van der Waals surface area contributed by atoms with Gasteiger partial charge in [-0.1, -0.05) is 0 Å². The highest BCUT2D eigenvalue weighted by Crippen LogP contribution is 2.28. The van der Waals surface area contributed by atoms with E-state index < -0.39 is 0 Å². The number of thiazole rings is 1. The molecule has 0 aliphatic carbocycles. The summed E-state index contributed by atoms with van der Waals surface area (Å²) >= 11 is 1.62. The maximum absolute atomic E-state index is 11.3. The van der Waals surface area contributed by atoms with E-state index in [1.54, 1.807) is 11.3 Å². The van der Waals surface area contributed by atoms with E-state index in [1.165, 1.54) is 12.8 Å². The fraction of sp³-hybridized carbons (Fsp3) is 0.667. The van der Waals surface area contributed by atoms with Crippen LogP contribution >= 0.6 is 11.3 Å². The summed E-state index contributed by atoms with van der Waals surface area (Å²) < 4.78 is 4.91. The first kappa shape index (κ1) is 12.4. The summed E-state index contributed by atoms with van der Waals surface area (Å²) in [6, 6.07) is 0.566. The molecule has 1 aromatic heterocycles. The van der Waals surface area contributed by atoms with Crippen molar-refractivity contribution in [2.45, 2.75) is 39.2 Å². The number of nitrogens with zero attached hydrogens (tertiary/aromatic N) is 2. The van der Waals surface area contributed by atoms with Gasteiger partial charge in [0.05, 0.1) is 18.7 Å². The van der Waals surface area contributed by atoms with Gasteiger partial charge in [0.25, 0.3) is 0 Å². The second-order valence-electron chi connectivity index (χ2n) is 4.29. The van der Waals surface area contributed by atoms with Crippen LogP contribution in [0.4, 0.5) is 5.13 Å². The Balaban J connectivity index is 1.98. The smallest absolute Gasteiger partial charge is 0.311 e. The number of carbonyl (C=O) groups is 1. The van der Waals surface area contributed by atoms with Gasteiger partial charge in [0.1, 0.15) is 0 Å². The normalized spacial score (nSPS) is 19.6. The number of hydrogen-bond acceptors (Lipinski definition) is 5. The molecule has 1 atom stereocenters. The topological polar surface area (TPSA) is 42.4 Å². The maximum atomic E-state index is 11.3. The van der Waals surface area contributed by atoms with E-state index in [-0.39, 0.29) is 12.4 Å². The third-order valence-electron chi connectivity index (χ3n) is 2.97. The molecule has 0 saturated carbocycles. The lowest BCUT2D eigenvalue weighted by Crippen LogP contribution is -2.26. The average Bonchev–Trinajstić information content (AvgIpc) is 2.87. The number of ether oxygens (including phenoxy) is 1. The lowest BCUT2D eigenvalue weighted by atomic mass is 10.2. The average molecular weight is 254 g/mol. The van der Waals surface area contributed by atoms with Crippen LogP contribution in [0.3, 0.4) is 0 Å². The summed E-state index contributed by atoms with van der Waals surface area (Å²) in [7, 11) is 0. The van der Waals surface area contributed by atoms with Crippen LogP contribution in [0.1, 0.15) is 32.4 Å². The minimum atomic E-state index is -0.196. The Morgan fingerprint density at radius 1 is 1.71 bits per heavy atom. The van der Waals surface area contributed by atoms with Crippen molar-refractivity contribution in [3.05, 3.63) is 11.1 Å². The summed E-state index contributed by atoms with van der Waals surface area (Å²) in [5.74, 6) is -0.196. The number of aromatic nitrogens is 1. The van der Waals surface area contributed by atoms with Gasteiger partial charge in [0.2, 0.25) is 0 Å². The summed E-state index contributed by atoms with van der Waals surface area (Å²) in [6.07, 6.45) is 2.74. The summed E-state index contributed by atoms with van der Waals surface area (Å²) in [4.78, 5) is 18.2. The molecule has 1 aliphatic heterocycles. The van der Waals surface area contributed by atoms with Crippen LogP contribution in [-0.2, 0) is 16.0 Å². The van der Waals surface area contributed by atoms with Crippen molar-refractivity contribution in [3.8, 4) is 0 Å². The van der Waals surface area contributed by atoms with Crippen LogP contribution in [0.5, 0.6) is 0 Å². The highest BCUT2D eigenvalue weighted by Gasteiger charge is 2.23. The number of esters is 1. The molecule has 94 valence electrons. The molecule has 0 N–H and O–H groups in total. The molecule has 5 heteroatoms. The molecule has 0 radical (unpaired) electrons. The Bertz CT molecular complexity index is 392. The molecule has 1 aromatic rings. The van der Waals surface area contributed by atoms with Crippen LogP contribution in [0.2, 0.25) is 0 Å². The zero-order valence-corrected chi connectivity index (χ0v) is 11.1. The second kappa shape index (κ2) is 5.49. The first-order chi connectivity index (χ1) is 8.20. The summed E-state index contributed by atoms with van der Waals surface area (Å²) in [6.45, 7) is 5.54. The molecule has 2 heterocycles. The van der Waals surface area contributed by atoms with E-state index in [2.05, 4.69) is 16.8 Å². The van der Waals surface area contributed by atoms with Crippen molar-refractivity contribution in [3.63, 3.8) is 0 Å². The van der Waals surface area contributed by atoms with Gasteiger partial charge >= 0.3 is 5.97 Å². The van der Waals surface area contributed by atoms with Crippen LogP contribution in [0, 0.1) is 0 Å². The van der Waals surface area contributed by atoms with Gasteiger partial charge in [-0.2, -0.15) is 0 Å². The third kappa shape index (κ3) is 2.97. The van der Waals surface area contributed by atoms with Gasteiger partial charge in [-0.25, -0.2) is 4.98 Å².